The summed E-state index contributed by atoms with van der Waals surface area (Å²) in [7, 11) is 0. The van der Waals surface area contributed by atoms with Crippen molar-refractivity contribution in [1.82, 2.24) is 0 Å². The molecular formula is Al2Ga2In2O9. The van der Waals surface area contributed by atoms with E-state index in [0.29, 0.717) is 0 Å². The van der Waals surface area contributed by atoms with Crippen molar-refractivity contribution >= 4 is 126 Å². The zero-order valence-corrected chi connectivity index (χ0v) is 20.9. The van der Waals surface area contributed by atoms with Gasteiger partial charge in [-0.3, -0.25) is 0 Å². The standard InChI is InChI=1S/2Al.2Ga.2In.9O/q6*+3;9*-2. The summed E-state index contributed by atoms with van der Waals surface area (Å²) in [6.45, 7) is 0. The van der Waals surface area contributed by atoms with Crippen molar-refractivity contribution in [3.63, 3.8) is 0 Å². The largest absolute Gasteiger partial charge is 3.00 e. The van der Waals surface area contributed by atoms with Crippen LogP contribution in [0.5, 0.6) is 0 Å². The summed E-state index contributed by atoms with van der Waals surface area (Å²) in [6.07, 6.45) is 0. The van der Waals surface area contributed by atoms with Crippen LogP contribution in [0.2, 0.25) is 0 Å². The zero-order valence-electron chi connectivity index (χ0n) is 7.14. The predicted molar refractivity (Wildman–Crippen MR) is 40.7 cm³/mol. The van der Waals surface area contributed by atoms with Crippen LogP contribution in [0, 0.1) is 0 Å². The maximum absolute atomic E-state index is 0. The Morgan fingerprint density at radius 2 is 0.267 bits per heavy atom. The minimum Gasteiger partial charge on any atom is -2.00 e. The Morgan fingerprint density at radius 3 is 0.267 bits per heavy atom. The van der Waals surface area contributed by atoms with E-state index in [-0.39, 0.29) is 175 Å². The van der Waals surface area contributed by atoms with E-state index >= 15 is 0 Å². The molecule has 0 aliphatic heterocycles. The second kappa shape index (κ2) is 358. The van der Waals surface area contributed by atoms with Crippen LogP contribution in [-0.2, 0) is 49.3 Å². The maximum Gasteiger partial charge on any atom is 3.00 e. The van der Waals surface area contributed by atoms with Crippen LogP contribution in [0.3, 0.4) is 0 Å². The van der Waals surface area contributed by atoms with Crippen molar-refractivity contribution in [2.75, 3.05) is 0 Å². The van der Waals surface area contributed by atoms with Crippen molar-refractivity contribution < 1.29 is 49.3 Å². The Balaban J connectivity index is 0. The number of hydrogen-bond acceptors (Lipinski definition) is 0. The first kappa shape index (κ1) is 425. The smallest absolute Gasteiger partial charge is 2.00 e. The van der Waals surface area contributed by atoms with Gasteiger partial charge >= 0.3 is 126 Å². The van der Waals surface area contributed by atoms with Gasteiger partial charge in [0.25, 0.3) is 0 Å². The Morgan fingerprint density at radius 1 is 0.267 bits per heavy atom. The van der Waals surface area contributed by atoms with Crippen LogP contribution >= 0.6 is 0 Å². The summed E-state index contributed by atoms with van der Waals surface area (Å²) in [5, 5.41) is 0. The topological polar surface area (TPSA) is 256 Å². The fourth-order valence-electron chi connectivity index (χ4n) is 0. The second-order valence-corrected chi connectivity index (χ2v) is 0. The Labute approximate surface area is 173 Å². The molecule has 0 rings (SSSR count). The summed E-state index contributed by atoms with van der Waals surface area (Å²) in [5.41, 5.74) is 0. The fourth-order valence-corrected chi connectivity index (χ4v) is 0. The molecule has 0 aliphatic rings. The van der Waals surface area contributed by atoms with Crippen LogP contribution < -0.4 is 0 Å². The third-order valence-corrected chi connectivity index (χ3v) is 0. The van der Waals surface area contributed by atoms with Crippen LogP contribution in [-0.4, -0.2) is 126 Å². The average Bonchev–Trinajstić information content (AvgIpc) is 0. The molecule has 0 bridgehead atoms. The Kier molecular flexibility index (Phi) is 10200. The van der Waals surface area contributed by atoms with Gasteiger partial charge < -0.3 is 49.3 Å². The first-order valence-electron chi connectivity index (χ1n) is 0. The van der Waals surface area contributed by atoms with Crippen LogP contribution in [0.25, 0.3) is 0 Å². The van der Waals surface area contributed by atoms with Crippen LogP contribution in [0.1, 0.15) is 0 Å². The summed E-state index contributed by atoms with van der Waals surface area (Å²) >= 11 is 0. The minimum absolute atomic E-state index is 0. The monoisotopic (exact) mass is 566 g/mol. The number of rotatable bonds is 0. The fraction of sp³-hybridized carbons (Fsp3) is 0. The molecule has 0 radical (unpaired) electrons. The molecular weight excluding hydrogens is 567 g/mol. The quantitative estimate of drug-likeness (QED) is 0.260. The first-order chi connectivity index (χ1) is 0. The zero-order chi connectivity index (χ0) is 0. The van der Waals surface area contributed by atoms with Gasteiger partial charge in [0.1, 0.15) is 0 Å². The molecule has 0 fully saturated rings. The van der Waals surface area contributed by atoms with Gasteiger partial charge in [0.2, 0.25) is 0 Å². The average molecular weight is 567 g/mol. The summed E-state index contributed by atoms with van der Waals surface area (Å²) in [6, 6.07) is 0. The molecule has 0 unspecified atom stereocenters. The summed E-state index contributed by atoms with van der Waals surface area (Å²) in [4.78, 5) is 0. The normalized spacial score (nSPS) is 0. The van der Waals surface area contributed by atoms with E-state index in [1.54, 1.807) is 0 Å². The van der Waals surface area contributed by atoms with Crippen LogP contribution in [0.4, 0.5) is 0 Å². The van der Waals surface area contributed by atoms with E-state index in [1.165, 1.54) is 0 Å². The van der Waals surface area contributed by atoms with Gasteiger partial charge in [0, 0.05) is 0 Å². The summed E-state index contributed by atoms with van der Waals surface area (Å²) in [5.74, 6) is 0. The molecule has 0 N–H and O–H groups in total. The van der Waals surface area contributed by atoms with E-state index < -0.39 is 0 Å². The second-order valence-electron chi connectivity index (χ2n) is 0. The van der Waals surface area contributed by atoms with Crippen LogP contribution in [0.15, 0.2) is 0 Å². The van der Waals surface area contributed by atoms with Gasteiger partial charge in [-0.2, -0.15) is 0 Å². The molecule has 9 nitrogen and oxygen atoms in total. The first-order valence-corrected chi connectivity index (χ1v) is 0. The van der Waals surface area contributed by atoms with E-state index in [0.717, 1.165) is 0 Å². The molecule has 0 spiro atoms. The Bertz CT molecular complexity index is 24.1. The van der Waals surface area contributed by atoms with E-state index in [2.05, 4.69) is 0 Å². The van der Waals surface area contributed by atoms with Crippen molar-refractivity contribution in [3.05, 3.63) is 0 Å². The maximum atomic E-state index is 0. The molecule has 0 saturated carbocycles. The number of hydrogen-bond donors (Lipinski definition) is 0. The molecule has 0 amide bonds. The molecule has 72 valence electrons. The molecule has 15 heteroatoms. The van der Waals surface area contributed by atoms with Crippen molar-refractivity contribution in [2.45, 2.75) is 0 Å². The summed E-state index contributed by atoms with van der Waals surface area (Å²) < 4.78 is 0. The van der Waals surface area contributed by atoms with Gasteiger partial charge in [-0.15, -0.1) is 0 Å². The molecule has 0 heterocycles. The molecule has 0 aromatic rings. The van der Waals surface area contributed by atoms with Gasteiger partial charge in [-0.1, -0.05) is 0 Å². The van der Waals surface area contributed by atoms with E-state index in [9.17, 15) is 0 Å². The third-order valence-electron chi connectivity index (χ3n) is 0. The molecule has 0 atom stereocenters. The predicted octanol–water partition coefficient (Wildman–Crippen LogP) is -3.35. The van der Waals surface area contributed by atoms with Gasteiger partial charge in [0.05, 0.1) is 0 Å². The van der Waals surface area contributed by atoms with Crippen molar-refractivity contribution in [3.8, 4) is 0 Å². The van der Waals surface area contributed by atoms with Crippen molar-refractivity contribution in [2.24, 2.45) is 0 Å². The molecule has 0 aromatic heterocycles. The third kappa shape index (κ3) is 317. The molecule has 0 aliphatic carbocycles. The van der Waals surface area contributed by atoms with Crippen molar-refractivity contribution in [1.29, 1.82) is 0 Å². The SMILES string of the molecule is [Al+3].[Al+3].[Ga+3].[Ga+3].[In+3].[In+3].[O-2].[O-2].[O-2].[O-2].[O-2].[O-2].[O-2].[O-2].[O-2]. The van der Waals surface area contributed by atoms with Gasteiger partial charge in [0.15, 0.2) is 0 Å². The minimum atomic E-state index is 0. The molecule has 0 aromatic carbocycles. The molecule has 0 saturated heterocycles. The molecule has 15 heavy (non-hydrogen) atoms. The van der Waals surface area contributed by atoms with Gasteiger partial charge in [-0.25, -0.2) is 0 Å². The van der Waals surface area contributed by atoms with Gasteiger partial charge in [-0.05, 0) is 0 Å². The van der Waals surface area contributed by atoms with E-state index in [1.807, 2.05) is 0 Å². The Hall–Kier alpha value is 3.72. The van der Waals surface area contributed by atoms with E-state index in [4.69, 9.17) is 0 Å².